The second-order valence-electron chi connectivity index (χ2n) is 7.10. The van der Waals surface area contributed by atoms with Crippen molar-refractivity contribution < 1.29 is 17.9 Å². The van der Waals surface area contributed by atoms with E-state index in [0.717, 1.165) is 28.4 Å². The summed E-state index contributed by atoms with van der Waals surface area (Å²) in [6.07, 6.45) is 1.27. The molecule has 1 aliphatic rings. The molecule has 0 spiro atoms. The van der Waals surface area contributed by atoms with Crippen molar-refractivity contribution in [3.05, 3.63) is 47.4 Å². The molecule has 1 fully saturated rings. The van der Waals surface area contributed by atoms with Crippen molar-refractivity contribution in [3.63, 3.8) is 0 Å². The average molecular weight is 433 g/mol. The summed E-state index contributed by atoms with van der Waals surface area (Å²) in [5.41, 5.74) is 3.26. The molecule has 1 aliphatic heterocycles. The highest BCUT2D eigenvalue weighted by atomic mass is 32.2. The monoisotopic (exact) mass is 432 g/mol. The van der Waals surface area contributed by atoms with Gasteiger partial charge in [0.1, 0.15) is 5.75 Å². The van der Waals surface area contributed by atoms with E-state index in [1.807, 2.05) is 38.1 Å². The molecule has 160 valence electrons. The number of hydrogen-bond donors (Lipinski definition) is 0. The van der Waals surface area contributed by atoms with Crippen molar-refractivity contribution in [2.24, 2.45) is 7.05 Å². The molecule has 2 aromatic heterocycles. The number of morpholine rings is 1. The van der Waals surface area contributed by atoms with Gasteiger partial charge in [-0.2, -0.15) is 9.40 Å². The number of sulfonamides is 1. The first-order chi connectivity index (χ1) is 14.3. The Morgan fingerprint density at radius 2 is 2.07 bits per heavy atom. The zero-order valence-corrected chi connectivity index (χ0v) is 18.1. The van der Waals surface area contributed by atoms with Crippen molar-refractivity contribution in [3.8, 4) is 11.4 Å². The predicted molar refractivity (Wildman–Crippen MR) is 108 cm³/mol. The molecule has 1 unspecified atom stereocenters. The number of methoxy groups -OCH3 is 1. The van der Waals surface area contributed by atoms with Crippen molar-refractivity contribution in [2.45, 2.75) is 24.9 Å². The Hall–Kier alpha value is -2.76. The number of aromatic nitrogens is 5. The fourth-order valence-electron chi connectivity index (χ4n) is 3.87. The van der Waals surface area contributed by atoms with Crippen LogP contribution in [0.4, 0.5) is 0 Å². The van der Waals surface area contributed by atoms with Gasteiger partial charge in [-0.3, -0.25) is 0 Å². The van der Waals surface area contributed by atoms with E-state index >= 15 is 0 Å². The van der Waals surface area contributed by atoms with E-state index in [9.17, 15) is 8.42 Å². The van der Waals surface area contributed by atoms with Crippen LogP contribution in [0.15, 0.2) is 35.5 Å². The maximum atomic E-state index is 13.4. The number of nitrogens with zero attached hydrogens (tertiary/aromatic N) is 6. The van der Waals surface area contributed by atoms with Gasteiger partial charge in [-0.1, -0.05) is 11.3 Å². The van der Waals surface area contributed by atoms with Gasteiger partial charge >= 0.3 is 0 Å². The molecule has 3 aromatic rings. The van der Waals surface area contributed by atoms with Crippen LogP contribution in [0.25, 0.3) is 5.69 Å². The molecule has 0 amide bonds. The minimum Gasteiger partial charge on any atom is -0.497 e. The minimum atomic E-state index is -3.81. The lowest BCUT2D eigenvalue weighted by molar-refractivity contribution is 0.0314. The van der Waals surface area contributed by atoms with E-state index in [2.05, 4.69) is 15.4 Å². The molecule has 3 heterocycles. The third kappa shape index (κ3) is 3.38. The minimum absolute atomic E-state index is 0.0462. The van der Waals surface area contributed by atoms with Crippen LogP contribution in [0.2, 0.25) is 0 Å². The van der Waals surface area contributed by atoms with Crippen LogP contribution in [0.3, 0.4) is 0 Å². The molecule has 1 saturated heterocycles. The van der Waals surface area contributed by atoms with E-state index in [1.165, 1.54) is 15.2 Å². The Bertz CT molecular complexity index is 1170. The van der Waals surface area contributed by atoms with Crippen LogP contribution in [-0.2, 0) is 21.8 Å². The van der Waals surface area contributed by atoms with Gasteiger partial charge in [0, 0.05) is 30.9 Å². The Kier molecular flexibility index (Phi) is 5.35. The zero-order chi connectivity index (χ0) is 21.5. The van der Waals surface area contributed by atoms with Crippen molar-refractivity contribution in [2.75, 3.05) is 26.9 Å². The Balaban J connectivity index is 1.79. The van der Waals surface area contributed by atoms with E-state index in [4.69, 9.17) is 9.47 Å². The summed E-state index contributed by atoms with van der Waals surface area (Å²) in [5.74, 6) is 0.718. The second kappa shape index (κ2) is 7.82. The van der Waals surface area contributed by atoms with Crippen molar-refractivity contribution >= 4 is 10.0 Å². The molecule has 11 heteroatoms. The number of ether oxygens (including phenoxy) is 2. The smallest absolute Gasteiger partial charge is 0.262 e. The summed E-state index contributed by atoms with van der Waals surface area (Å²) >= 11 is 0. The quantitative estimate of drug-likeness (QED) is 0.600. The summed E-state index contributed by atoms with van der Waals surface area (Å²) in [5, 5.41) is 12.2. The standard InChI is InChI=1S/C19H24N6O4S/c1-13-19(14(2)25(21-13)15-6-5-7-16(10-15)28-4)17-12-29-9-8-24(17)30(26,27)18-11-20-22-23(18)3/h5-7,10-11,17H,8-9,12H2,1-4H3. The first kappa shape index (κ1) is 20.5. The van der Waals surface area contributed by atoms with Gasteiger partial charge < -0.3 is 9.47 Å². The van der Waals surface area contributed by atoms with E-state index < -0.39 is 16.1 Å². The third-order valence-corrected chi connectivity index (χ3v) is 7.26. The Morgan fingerprint density at radius 1 is 1.27 bits per heavy atom. The molecule has 30 heavy (non-hydrogen) atoms. The summed E-state index contributed by atoms with van der Waals surface area (Å²) in [6.45, 7) is 4.62. The lowest BCUT2D eigenvalue weighted by Crippen LogP contribution is -2.44. The van der Waals surface area contributed by atoms with Crippen molar-refractivity contribution in [1.29, 1.82) is 0 Å². The molecular formula is C19H24N6O4S. The molecule has 4 rings (SSSR count). The number of aryl methyl sites for hydroxylation is 2. The van der Waals surface area contributed by atoms with Crippen LogP contribution < -0.4 is 4.74 Å². The molecule has 0 aliphatic carbocycles. The lowest BCUT2D eigenvalue weighted by atomic mass is 10.0. The molecular weight excluding hydrogens is 408 g/mol. The van der Waals surface area contributed by atoms with Crippen LogP contribution in [0, 0.1) is 13.8 Å². The van der Waals surface area contributed by atoms with Crippen LogP contribution in [0.1, 0.15) is 23.0 Å². The van der Waals surface area contributed by atoms with Crippen LogP contribution in [-0.4, -0.2) is 64.4 Å². The molecule has 1 aromatic carbocycles. The van der Waals surface area contributed by atoms with Crippen LogP contribution in [0.5, 0.6) is 5.75 Å². The number of hydrogen-bond acceptors (Lipinski definition) is 7. The molecule has 0 bridgehead atoms. The molecule has 0 radical (unpaired) electrons. The highest BCUT2D eigenvalue weighted by molar-refractivity contribution is 7.89. The van der Waals surface area contributed by atoms with Gasteiger partial charge in [0.05, 0.1) is 43.9 Å². The molecule has 10 nitrogen and oxygen atoms in total. The largest absolute Gasteiger partial charge is 0.497 e. The fourth-order valence-corrected chi connectivity index (χ4v) is 5.48. The first-order valence-electron chi connectivity index (χ1n) is 9.49. The summed E-state index contributed by atoms with van der Waals surface area (Å²) in [4.78, 5) is 0. The average Bonchev–Trinajstić information content (AvgIpc) is 3.31. The maximum Gasteiger partial charge on any atom is 0.262 e. The Labute approximate surface area is 175 Å². The van der Waals surface area contributed by atoms with E-state index in [1.54, 1.807) is 18.8 Å². The topological polar surface area (TPSA) is 104 Å². The van der Waals surface area contributed by atoms with E-state index in [-0.39, 0.29) is 18.2 Å². The zero-order valence-electron chi connectivity index (χ0n) is 17.3. The third-order valence-electron chi connectivity index (χ3n) is 5.30. The molecule has 0 N–H and O–H groups in total. The number of benzene rings is 1. The van der Waals surface area contributed by atoms with Gasteiger partial charge in [-0.05, 0) is 26.0 Å². The second-order valence-corrected chi connectivity index (χ2v) is 8.94. The summed E-state index contributed by atoms with van der Waals surface area (Å²) in [6, 6.07) is 7.06. The van der Waals surface area contributed by atoms with Crippen molar-refractivity contribution in [1.82, 2.24) is 29.1 Å². The SMILES string of the molecule is COc1cccc(-n2nc(C)c(C3COCCN3S(=O)(=O)c3cnnn3C)c2C)c1. The highest BCUT2D eigenvalue weighted by Crippen LogP contribution is 2.34. The van der Waals surface area contributed by atoms with Gasteiger partial charge in [-0.15, -0.1) is 5.10 Å². The number of rotatable bonds is 5. The highest BCUT2D eigenvalue weighted by Gasteiger charge is 2.39. The van der Waals surface area contributed by atoms with Gasteiger partial charge in [0.25, 0.3) is 10.0 Å². The molecule has 0 saturated carbocycles. The first-order valence-corrected chi connectivity index (χ1v) is 10.9. The lowest BCUT2D eigenvalue weighted by Gasteiger charge is -2.34. The molecule has 1 atom stereocenters. The van der Waals surface area contributed by atoms with Gasteiger partial charge in [0.2, 0.25) is 0 Å². The fraction of sp³-hybridized carbons (Fsp3) is 0.421. The Morgan fingerprint density at radius 3 is 2.77 bits per heavy atom. The summed E-state index contributed by atoms with van der Waals surface area (Å²) in [7, 11) is -0.638. The van der Waals surface area contributed by atoms with Crippen LogP contribution >= 0.6 is 0 Å². The predicted octanol–water partition coefficient (Wildman–Crippen LogP) is 1.39. The van der Waals surface area contributed by atoms with Gasteiger partial charge in [-0.25, -0.2) is 17.8 Å². The summed E-state index contributed by atoms with van der Waals surface area (Å²) < 4.78 is 42.2. The maximum absolute atomic E-state index is 13.4. The van der Waals surface area contributed by atoms with Gasteiger partial charge in [0.15, 0.2) is 5.03 Å². The normalized spacial score (nSPS) is 17.9. The van der Waals surface area contributed by atoms with E-state index in [0.29, 0.717) is 6.61 Å².